The van der Waals surface area contributed by atoms with Gasteiger partial charge in [-0.1, -0.05) is 11.6 Å². The summed E-state index contributed by atoms with van der Waals surface area (Å²) in [6.45, 7) is 0. The van der Waals surface area contributed by atoms with Crippen molar-refractivity contribution in [1.29, 1.82) is 0 Å². The molecule has 0 atom stereocenters. The maximum atomic E-state index is 5.93. The predicted molar refractivity (Wildman–Crippen MR) is 73.5 cm³/mol. The Labute approximate surface area is 110 Å². The molecule has 0 saturated heterocycles. The molecule has 0 aliphatic carbocycles. The summed E-state index contributed by atoms with van der Waals surface area (Å²) >= 11 is 7.65. The molecule has 0 fully saturated rings. The minimum Gasteiger partial charge on any atom is -0.398 e. The molecule has 0 radical (unpaired) electrons. The monoisotopic (exact) mass is 267 g/mol. The van der Waals surface area contributed by atoms with E-state index in [9.17, 15) is 0 Å². The third-order valence-corrected chi connectivity index (χ3v) is 3.69. The van der Waals surface area contributed by atoms with E-state index in [1.807, 2.05) is 42.3 Å². The standard InChI is InChI=1S/C12H14ClN3S/c1-16-8-9(7-15-16)4-5-17-12-6-10(13)2-3-11(12)14/h2-3,6-8H,4-5,14H2,1H3. The maximum absolute atomic E-state index is 5.93. The molecule has 2 aromatic rings. The Balaban J connectivity index is 1.91. The van der Waals surface area contributed by atoms with Gasteiger partial charge in [0, 0.05) is 34.6 Å². The molecule has 0 aliphatic rings. The molecule has 0 spiro atoms. The van der Waals surface area contributed by atoms with Crippen molar-refractivity contribution in [3.05, 3.63) is 41.2 Å². The first-order valence-corrected chi connectivity index (χ1v) is 6.67. The number of anilines is 1. The number of hydrogen-bond donors (Lipinski definition) is 1. The van der Waals surface area contributed by atoms with Crippen LogP contribution < -0.4 is 5.73 Å². The lowest BCUT2D eigenvalue weighted by atomic mass is 10.3. The second-order valence-corrected chi connectivity index (χ2v) is 5.38. The van der Waals surface area contributed by atoms with E-state index in [0.29, 0.717) is 0 Å². The van der Waals surface area contributed by atoms with Crippen LogP contribution in [0, 0.1) is 0 Å². The van der Waals surface area contributed by atoms with Gasteiger partial charge < -0.3 is 5.73 Å². The van der Waals surface area contributed by atoms with Crippen molar-refractivity contribution in [1.82, 2.24) is 9.78 Å². The first-order chi connectivity index (χ1) is 8.15. The smallest absolute Gasteiger partial charge is 0.0521 e. The normalized spacial score (nSPS) is 10.7. The van der Waals surface area contributed by atoms with Gasteiger partial charge in [-0.2, -0.15) is 5.10 Å². The van der Waals surface area contributed by atoms with E-state index < -0.39 is 0 Å². The first kappa shape index (κ1) is 12.3. The highest BCUT2D eigenvalue weighted by Gasteiger charge is 2.02. The number of rotatable bonds is 4. The highest BCUT2D eigenvalue weighted by molar-refractivity contribution is 7.99. The number of aryl methyl sites for hydroxylation is 2. The fourth-order valence-electron chi connectivity index (χ4n) is 1.51. The number of nitrogen functional groups attached to an aromatic ring is 1. The van der Waals surface area contributed by atoms with Gasteiger partial charge in [0.25, 0.3) is 0 Å². The van der Waals surface area contributed by atoms with E-state index in [1.165, 1.54) is 5.56 Å². The Morgan fingerprint density at radius 2 is 2.29 bits per heavy atom. The molecule has 0 saturated carbocycles. The molecule has 2 rings (SSSR count). The van der Waals surface area contributed by atoms with Crippen LogP contribution in [0.4, 0.5) is 5.69 Å². The number of aromatic nitrogens is 2. The summed E-state index contributed by atoms with van der Waals surface area (Å²) in [6.07, 6.45) is 4.90. The van der Waals surface area contributed by atoms with Gasteiger partial charge in [0.15, 0.2) is 0 Å². The number of nitrogens with two attached hydrogens (primary N) is 1. The minimum absolute atomic E-state index is 0.725. The molecule has 0 bridgehead atoms. The van der Waals surface area contributed by atoms with Crippen molar-refractivity contribution in [3.63, 3.8) is 0 Å². The molecule has 1 heterocycles. The Hall–Kier alpha value is -1.13. The summed E-state index contributed by atoms with van der Waals surface area (Å²) in [7, 11) is 1.92. The van der Waals surface area contributed by atoms with Crippen molar-refractivity contribution in [2.45, 2.75) is 11.3 Å². The molecule has 1 aromatic carbocycles. The quantitative estimate of drug-likeness (QED) is 0.684. The predicted octanol–water partition coefficient (Wildman–Crippen LogP) is 2.99. The average molecular weight is 268 g/mol. The molecular weight excluding hydrogens is 254 g/mol. The van der Waals surface area contributed by atoms with Gasteiger partial charge in [-0.05, 0) is 30.2 Å². The van der Waals surface area contributed by atoms with Crippen molar-refractivity contribution in [3.8, 4) is 0 Å². The van der Waals surface area contributed by atoms with Crippen LogP contribution in [-0.2, 0) is 13.5 Å². The minimum atomic E-state index is 0.725. The lowest BCUT2D eigenvalue weighted by molar-refractivity contribution is 0.767. The van der Waals surface area contributed by atoms with E-state index in [4.69, 9.17) is 17.3 Å². The summed E-state index contributed by atoms with van der Waals surface area (Å²) < 4.78 is 1.81. The van der Waals surface area contributed by atoms with Gasteiger partial charge >= 0.3 is 0 Å². The largest absolute Gasteiger partial charge is 0.398 e. The third-order valence-electron chi connectivity index (χ3n) is 2.38. The van der Waals surface area contributed by atoms with E-state index in [1.54, 1.807) is 11.8 Å². The van der Waals surface area contributed by atoms with E-state index in [2.05, 4.69) is 5.10 Å². The molecule has 3 nitrogen and oxygen atoms in total. The van der Waals surface area contributed by atoms with Crippen LogP contribution in [-0.4, -0.2) is 15.5 Å². The van der Waals surface area contributed by atoms with Crippen LogP contribution in [0.3, 0.4) is 0 Å². The Bertz CT molecular complexity index is 510. The number of benzene rings is 1. The number of nitrogens with zero attached hydrogens (tertiary/aromatic N) is 2. The molecule has 5 heteroatoms. The molecule has 90 valence electrons. The van der Waals surface area contributed by atoms with Crippen molar-refractivity contribution >= 4 is 29.1 Å². The average Bonchev–Trinajstić information content (AvgIpc) is 2.69. The second-order valence-electron chi connectivity index (χ2n) is 3.80. The molecular formula is C12H14ClN3S. The zero-order valence-corrected chi connectivity index (χ0v) is 11.1. The lowest BCUT2D eigenvalue weighted by Crippen LogP contribution is -1.91. The molecule has 1 aromatic heterocycles. The summed E-state index contributed by atoms with van der Waals surface area (Å²) in [4.78, 5) is 1.04. The van der Waals surface area contributed by atoms with Crippen molar-refractivity contribution in [2.24, 2.45) is 7.05 Å². The highest BCUT2D eigenvalue weighted by atomic mass is 35.5. The molecule has 2 N–H and O–H groups in total. The van der Waals surface area contributed by atoms with Gasteiger partial charge in [-0.25, -0.2) is 0 Å². The van der Waals surface area contributed by atoms with Gasteiger partial charge in [-0.3, -0.25) is 4.68 Å². The Morgan fingerprint density at radius 3 is 3.00 bits per heavy atom. The number of hydrogen-bond acceptors (Lipinski definition) is 3. The molecule has 0 unspecified atom stereocenters. The van der Waals surface area contributed by atoms with E-state index >= 15 is 0 Å². The maximum Gasteiger partial charge on any atom is 0.0521 e. The third kappa shape index (κ3) is 3.41. The Morgan fingerprint density at radius 1 is 1.47 bits per heavy atom. The van der Waals surface area contributed by atoms with Crippen LogP contribution in [0.25, 0.3) is 0 Å². The molecule has 17 heavy (non-hydrogen) atoms. The van der Waals surface area contributed by atoms with Gasteiger partial charge in [0.05, 0.1) is 6.20 Å². The van der Waals surface area contributed by atoms with Gasteiger partial charge in [-0.15, -0.1) is 11.8 Å². The molecule has 0 amide bonds. The van der Waals surface area contributed by atoms with Crippen LogP contribution >= 0.6 is 23.4 Å². The number of halogens is 1. The second kappa shape index (κ2) is 5.47. The zero-order valence-electron chi connectivity index (χ0n) is 9.56. The topological polar surface area (TPSA) is 43.8 Å². The molecule has 0 aliphatic heterocycles. The van der Waals surface area contributed by atoms with Crippen LogP contribution in [0.15, 0.2) is 35.5 Å². The summed E-state index contributed by atoms with van der Waals surface area (Å²) in [6, 6.07) is 5.56. The Kier molecular flexibility index (Phi) is 3.97. The zero-order chi connectivity index (χ0) is 12.3. The number of thioether (sulfide) groups is 1. The summed E-state index contributed by atoms with van der Waals surface area (Å²) in [5.74, 6) is 0.968. The fraction of sp³-hybridized carbons (Fsp3) is 0.250. The summed E-state index contributed by atoms with van der Waals surface area (Å²) in [5, 5.41) is 4.86. The van der Waals surface area contributed by atoms with Crippen LogP contribution in [0.1, 0.15) is 5.56 Å². The summed E-state index contributed by atoms with van der Waals surface area (Å²) in [5.41, 5.74) is 7.90. The first-order valence-electron chi connectivity index (χ1n) is 5.30. The van der Waals surface area contributed by atoms with E-state index in [0.717, 1.165) is 27.8 Å². The van der Waals surface area contributed by atoms with Crippen LogP contribution in [0.2, 0.25) is 5.02 Å². The highest BCUT2D eigenvalue weighted by Crippen LogP contribution is 2.28. The van der Waals surface area contributed by atoms with Crippen LogP contribution in [0.5, 0.6) is 0 Å². The van der Waals surface area contributed by atoms with E-state index in [-0.39, 0.29) is 0 Å². The lowest BCUT2D eigenvalue weighted by Gasteiger charge is -2.05. The van der Waals surface area contributed by atoms with Crippen molar-refractivity contribution < 1.29 is 0 Å². The van der Waals surface area contributed by atoms with Gasteiger partial charge in [0.1, 0.15) is 0 Å². The SMILES string of the molecule is Cn1cc(CCSc2cc(Cl)ccc2N)cn1. The van der Waals surface area contributed by atoms with Crippen molar-refractivity contribution in [2.75, 3.05) is 11.5 Å². The van der Waals surface area contributed by atoms with Gasteiger partial charge in [0.2, 0.25) is 0 Å². The fourth-order valence-corrected chi connectivity index (χ4v) is 2.75.